The van der Waals surface area contributed by atoms with Gasteiger partial charge in [-0.05, 0) is 38.0 Å². The van der Waals surface area contributed by atoms with Gasteiger partial charge in [0.15, 0.2) is 5.96 Å². The van der Waals surface area contributed by atoms with Crippen LogP contribution in [0, 0.1) is 0 Å². The SMILES string of the molecule is CN=C(NCCC1=CCCCC1)N(C)Cc1cn(C)nc1C(C)C.I. The van der Waals surface area contributed by atoms with Crippen molar-refractivity contribution in [1.29, 1.82) is 0 Å². The van der Waals surface area contributed by atoms with Crippen LogP contribution in [0.25, 0.3) is 0 Å². The third-order valence-electron chi connectivity index (χ3n) is 4.58. The smallest absolute Gasteiger partial charge is 0.193 e. The minimum absolute atomic E-state index is 0. The molecule has 1 heterocycles. The van der Waals surface area contributed by atoms with Crippen LogP contribution in [-0.4, -0.2) is 41.3 Å². The van der Waals surface area contributed by atoms with Crippen molar-refractivity contribution in [3.63, 3.8) is 0 Å². The van der Waals surface area contributed by atoms with Crippen LogP contribution in [0.2, 0.25) is 0 Å². The summed E-state index contributed by atoms with van der Waals surface area (Å²) in [5, 5.41) is 8.09. The fraction of sp³-hybridized carbons (Fsp3) is 0.684. The zero-order chi connectivity index (χ0) is 17.5. The van der Waals surface area contributed by atoms with Crippen molar-refractivity contribution in [2.45, 2.75) is 58.4 Å². The lowest BCUT2D eigenvalue weighted by atomic mass is 9.97. The first kappa shape index (κ1) is 22.0. The van der Waals surface area contributed by atoms with Gasteiger partial charge in [0.1, 0.15) is 0 Å². The number of hydrogen-bond donors (Lipinski definition) is 1. The Balaban J connectivity index is 0.00000312. The molecule has 0 amide bonds. The van der Waals surface area contributed by atoms with Crippen molar-refractivity contribution >= 4 is 29.9 Å². The number of aryl methyl sites for hydroxylation is 1. The Morgan fingerprint density at radius 2 is 2.16 bits per heavy atom. The maximum atomic E-state index is 4.59. The number of halogens is 1. The lowest BCUT2D eigenvalue weighted by Crippen LogP contribution is -2.39. The molecule has 0 aliphatic heterocycles. The van der Waals surface area contributed by atoms with Crippen molar-refractivity contribution in [3.8, 4) is 0 Å². The standard InChI is InChI=1S/C19H33N5.HI/c1-15(2)18-17(14-24(5)22-18)13-23(4)19(20-3)21-12-11-16-9-7-6-8-10-16;/h9,14-15H,6-8,10-13H2,1-5H3,(H,20,21);1H. The van der Waals surface area contributed by atoms with E-state index in [2.05, 4.69) is 53.5 Å². The molecule has 25 heavy (non-hydrogen) atoms. The second-order valence-electron chi connectivity index (χ2n) is 7.06. The van der Waals surface area contributed by atoms with Gasteiger partial charge in [0.2, 0.25) is 0 Å². The lowest BCUT2D eigenvalue weighted by Gasteiger charge is -2.23. The summed E-state index contributed by atoms with van der Waals surface area (Å²) < 4.78 is 1.91. The Morgan fingerprint density at radius 3 is 2.76 bits per heavy atom. The van der Waals surface area contributed by atoms with Crippen LogP contribution in [0.5, 0.6) is 0 Å². The van der Waals surface area contributed by atoms with Gasteiger partial charge in [-0.25, -0.2) is 0 Å². The second kappa shape index (κ2) is 10.8. The summed E-state index contributed by atoms with van der Waals surface area (Å²) in [5.74, 6) is 1.38. The lowest BCUT2D eigenvalue weighted by molar-refractivity contribution is 0.473. The van der Waals surface area contributed by atoms with E-state index in [4.69, 9.17) is 0 Å². The second-order valence-corrected chi connectivity index (χ2v) is 7.06. The largest absolute Gasteiger partial charge is 0.356 e. The van der Waals surface area contributed by atoms with Gasteiger partial charge in [-0.15, -0.1) is 24.0 Å². The Morgan fingerprint density at radius 1 is 1.40 bits per heavy atom. The van der Waals surface area contributed by atoms with Gasteiger partial charge in [-0.2, -0.15) is 5.10 Å². The average molecular weight is 459 g/mol. The molecule has 1 aromatic rings. The fourth-order valence-electron chi connectivity index (χ4n) is 3.34. The van der Waals surface area contributed by atoms with E-state index in [0.717, 1.165) is 25.5 Å². The zero-order valence-corrected chi connectivity index (χ0v) is 18.7. The number of rotatable bonds is 6. The summed E-state index contributed by atoms with van der Waals surface area (Å²) in [4.78, 5) is 6.61. The van der Waals surface area contributed by atoms with Crippen molar-refractivity contribution in [2.75, 3.05) is 20.6 Å². The maximum Gasteiger partial charge on any atom is 0.193 e. The number of nitrogens with one attached hydrogen (secondary N) is 1. The number of guanidine groups is 1. The highest BCUT2D eigenvalue weighted by molar-refractivity contribution is 14.0. The predicted octanol–water partition coefficient (Wildman–Crippen LogP) is 4.06. The quantitative estimate of drug-likeness (QED) is 0.302. The zero-order valence-electron chi connectivity index (χ0n) is 16.4. The number of allylic oxidation sites excluding steroid dienone is 1. The topological polar surface area (TPSA) is 45.5 Å². The number of aliphatic imine (C=N–C) groups is 1. The normalized spacial score (nSPS) is 15.0. The Kier molecular flexibility index (Phi) is 9.53. The van der Waals surface area contributed by atoms with E-state index in [1.807, 2.05) is 18.8 Å². The van der Waals surface area contributed by atoms with E-state index in [1.165, 1.54) is 36.9 Å². The Labute approximate surface area is 170 Å². The summed E-state index contributed by atoms with van der Waals surface area (Å²) in [5.41, 5.74) is 4.04. The molecular formula is C19H34IN5. The molecule has 6 heteroatoms. The molecule has 0 saturated heterocycles. The van der Waals surface area contributed by atoms with E-state index in [0.29, 0.717) is 5.92 Å². The first-order chi connectivity index (χ1) is 11.5. The molecule has 1 aromatic heterocycles. The third-order valence-corrected chi connectivity index (χ3v) is 4.58. The summed E-state index contributed by atoms with van der Waals surface area (Å²) in [6, 6.07) is 0. The fourth-order valence-corrected chi connectivity index (χ4v) is 3.34. The molecule has 0 radical (unpaired) electrons. The highest BCUT2D eigenvalue weighted by atomic mass is 127. The van der Waals surface area contributed by atoms with Crippen LogP contribution in [0.4, 0.5) is 0 Å². The molecule has 5 nitrogen and oxygen atoms in total. The van der Waals surface area contributed by atoms with Crippen LogP contribution in [0.3, 0.4) is 0 Å². The molecule has 0 aromatic carbocycles. The molecule has 0 spiro atoms. The number of aromatic nitrogens is 2. The van der Waals surface area contributed by atoms with E-state index >= 15 is 0 Å². The van der Waals surface area contributed by atoms with Gasteiger partial charge in [-0.3, -0.25) is 9.67 Å². The van der Waals surface area contributed by atoms with Gasteiger partial charge >= 0.3 is 0 Å². The molecular weight excluding hydrogens is 425 g/mol. The third kappa shape index (κ3) is 6.64. The first-order valence-electron chi connectivity index (χ1n) is 9.13. The van der Waals surface area contributed by atoms with Gasteiger partial charge in [0.05, 0.1) is 5.69 Å². The predicted molar refractivity (Wildman–Crippen MR) is 117 cm³/mol. The van der Waals surface area contributed by atoms with Crippen molar-refractivity contribution in [2.24, 2.45) is 12.0 Å². The van der Waals surface area contributed by atoms with Crippen LogP contribution in [-0.2, 0) is 13.6 Å². The molecule has 0 atom stereocenters. The average Bonchev–Trinajstić information content (AvgIpc) is 2.93. The van der Waals surface area contributed by atoms with Crippen LogP contribution in [0.15, 0.2) is 22.8 Å². The Bertz CT molecular complexity index is 589. The van der Waals surface area contributed by atoms with Crippen molar-refractivity contribution in [3.05, 3.63) is 29.1 Å². The minimum Gasteiger partial charge on any atom is -0.356 e. The van der Waals surface area contributed by atoms with Gasteiger partial charge in [-0.1, -0.05) is 25.5 Å². The molecule has 0 unspecified atom stereocenters. The van der Waals surface area contributed by atoms with Gasteiger partial charge in [0.25, 0.3) is 0 Å². The molecule has 0 bridgehead atoms. The van der Waals surface area contributed by atoms with E-state index in [-0.39, 0.29) is 24.0 Å². The highest BCUT2D eigenvalue weighted by Gasteiger charge is 2.15. The van der Waals surface area contributed by atoms with Crippen molar-refractivity contribution in [1.82, 2.24) is 20.0 Å². The summed E-state index contributed by atoms with van der Waals surface area (Å²) in [7, 11) is 5.93. The summed E-state index contributed by atoms with van der Waals surface area (Å²) in [6.07, 6.45) is 10.9. The maximum absolute atomic E-state index is 4.59. The molecule has 0 fully saturated rings. The van der Waals surface area contributed by atoms with E-state index in [9.17, 15) is 0 Å². The summed E-state index contributed by atoms with van der Waals surface area (Å²) >= 11 is 0. The molecule has 1 aliphatic rings. The van der Waals surface area contributed by atoms with Gasteiger partial charge in [0, 0.05) is 46.0 Å². The summed E-state index contributed by atoms with van der Waals surface area (Å²) in [6.45, 7) is 6.16. The van der Waals surface area contributed by atoms with Gasteiger partial charge < -0.3 is 10.2 Å². The van der Waals surface area contributed by atoms with Crippen LogP contribution < -0.4 is 5.32 Å². The van der Waals surface area contributed by atoms with E-state index < -0.39 is 0 Å². The number of hydrogen-bond acceptors (Lipinski definition) is 2. The molecule has 1 N–H and O–H groups in total. The van der Waals surface area contributed by atoms with E-state index in [1.54, 1.807) is 5.57 Å². The monoisotopic (exact) mass is 459 g/mol. The molecule has 142 valence electrons. The number of nitrogens with zero attached hydrogens (tertiary/aromatic N) is 4. The van der Waals surface area contributed by atoms with Crippen molar-refractivity contribution < 1.29 is 0 Å². The van der Waals surface area contributed by atoms with Crippen LogP contribution >= 0.6 is 24.0 Å². The molecule has 0 saturated carbocycles. The molecule has 2 rings (SSSR count). The first-order valence-corrected chi connectivity index (χ1v) is 9.13. The van der Waals surface area contributed by atoms with Crippen LogP contribution in [0.1, 0.15) is 63.1 Å². The highest BCUT2D eigenvalue weighted by Crippen LogP contribution is 2.20. The Hall–Kier alpha value is -1.05. The minimum atomic E-state index is 0. The molecule has 1 aliphatic carbocycles.